The first-order valence-corrected chi connectivity index (χ1v) is 10.2. The van der Waals surface area contributed by atoms with E-state index in [9.17, 15) is 26.7 Å². The molecule has 1 heterocycles. The van der Waals surface area contributed by atoms with Crippen LogP contribution in [0.4, 0.5) is 22.0 Å². The van der Waals surface area contributed by atoms with Gasteiger partial charge < -0.3 is 14.4 Å². The van der Waals surface area contributed by atoms with E-state index in [1.54, 1.807) is 11.0 Å². The van der Waals surface area contributed by atoms with Crippen molar-refractivity contribution < 1.29 is 36.2 Å². The molecule has 0 unspecified atom stereocenters. The average Bonchev–Trinajstić information content (AvgIpc) is 2.72. The zero-order chi connectivity index (χ0) is 23.5. The summed E-state index contributed by atoms with van der Waals surface area (Å²) < 4.78 is 70.6. The molecule has 0 bridgehead atoms. The third-order valence-electron chi connectivity index (χ3n) is 5.94. The predicted molar refractivity (Wildman–Crippen MR) is 108 cm³/mol. The highest BCUT2D eigenvalue weighted by molar-refractivity contribution is 5.94. The summed E-state index contributed by atoms with van der Waals surface area (Å²) in [6.45, 7) is 1.99. The van der Waals surface area contributed by atoms with Gasteiger partial charge in [0, 0.05) is 18.7 Å². The summed E-state index contributed by atoms with van der Waals surface area (Å²) >= 11 is 0. The summed E-state index contributed by atoms with van der Waals surface area (Å²) in [5.74, 6) is -0.330. The van der Waals surface area contributed by atoms with Crippen molar-refractivity contribution >= 4 is 5.91 Å². The van der Waals surface area contributed by atoms with Crippen molar-refractivity contribution in [2.75, 3.05) is 13.1 Å². The van der Waals surface area contributed by atoms with E-state index in [0.29, 0.717) is 31.5 Å². The summed E-state index contributed by atoms with van der Waals surface area (Å²) in [7, 11) is 0. The number of ether oxygens (including phenoxy) is 2. The van der Waals surface area contributed by atoms with Gasteiger partial charge in [0.2, 0.25) is 0 Å². The summed E-state index contributed by atoms with van der Waals surface area (Å²) in [5.41, 5.74) is 0.689. The van der Waals surface area contributed by atoms with Crippen LogP contribution in [0.25, 0.3) is 0 Å². The lowest BCUT2D eigenvalue weighted by atomic mass is 9.69. The Morgan fingerprint density at radius 3 is 2.19 bits per heavy atom. The molecule has 0 aliphatic carbocycles. The number of rotatable bonds is 6. The molecule has 1 amide bonds. The number of hydrogen-bond acceptors (Lipinski definition) is 3. The van der Waals surface area contributed by atoms with E-state index < -0.39 is 18.4 Å². The van der Waals surface area contributed by atoms with Crippen LogP contribution in [0.2, 0.25) is 0 Å². The summed E-state index contributed by atoms with van der Waals surface area (Å²) in [6.07, 6.45) is -3.40. The second kappa shape index (κ2) is 9.34. The Kier molecular flexibility index (Phi) is 6.95. The molecule has 32 heavy (non-hydrogen) atoms. The van der Waals surface area contributed by atoms with Gasteiger partial charge in [-0.15, -0.1) is 13.2 Å². The van der Waals surface area contributed by atoms with E-state index in [4.69, 9.17) is 0 Å². The van der Waals surface area contributed by atoms with Crippen molar-refractivity contribution in [2.24, 2.45) is 5.92 Å². The molecule has 0 saturated carbocycles. The van der Waals surface area contributed by atoms with E-state index in [0.717, 1.165) is 5.56 Å². The second-order valence-electron chi connectivity index (χ2n) is 8.27. The van der Waals surface area contributed by atoms with Crippen LogP contribution in [-0.4, -0.2) is 36.9 Å². The first-order chi connectivity index (χ1) is 15.0. The van der Waals surface area contributed by atoms with E-state index in [1.807, 2.05) is 13.8 Å². The van der Waals surface area contributed by atoms with Gasteiger partial charge in [-0.1, -0.05) is 26.0 Å². The molecule has 2 aromatic carbocycles. The third-order valence-corrected chi connectivity index (χ3v) is 5.94. The molecule has 1 aliphatic rings. The van der Waals surface area contributed by atoms with Crippen LogP contribution < -0.4 is 9.47 Å². The minimum absolute atomic E-state index is 0.0197. The Bertz CT molecular complexity index is 920. The molecule has 1 fully saturated rings. The number of amides is 1. The molecule has 1 saturated heterocycles. The van der Waals surface area contributed by atoms with Crippen LogP contribution in [0.3, 0.4) is 0 Å². The molecule has 9 heteroatoms. The quantitative estimate of drug-likeness (QED) is 0.498. The zero-order valence-electron chi connectivity index (χ0n) is 17.7. The van der Waals surface area contributed by atoms with Crippen LogP contribution >= 0.6 is 0 Å². The van der Waals surface area contributed by atoms with Crippen molar-refractivity contribution in [3.05, 3.63) is 59.7 Å². The Morgan fingerprint density at radius 1 is 1.00 bits per heavy atom. The maximum absolute atomic E-state index is 12.8. The van der Waals surface area contributed by atoms with Gasteiger partial charge >= 0.3 is 13.0 Å². The van der Waals surface area contributed by atoms with Crippen molar-refractivity contribution in [3.8, 4) is 11.5 Å². The topological polar surface area (TPSA) is 38.8 Å². The normalized spacial score (nSPS) is 15.7. The van der Waals surface area contributed by atoms with E-state index in [-0.39, 0.29) is 23.3 Å². The zero-order valence-corrected chi connectivity index (χ0v) is 17.7. The van der Waals surface area contributed by atoms with Crippen LogP contribution in [0.5, 0.6) is 11.5 Å². The molecule has 2 aromatic rings. The smallest absolute Gasteiger partial charge is 0.435 e. The van der Waals surface area contributed by atoms with Gasteiger partial charge in [-0.25, -0.2) is 0 Å². The van der Waals surface area contributed by atoms with Crippen LogP contribution in [0, 0.1) is 5.92 Å². The van der Waals surface area contributed by atoms with E-state index in [2.05, 4.69) is 9.47 Å². The van der Waals surface area contributed by atoms with Crippen molar-refractivity contribution in [1.29, 1.82) is 0 Å². The van der Waals surface area contributed by atoms with Crippen LogP contribution in [-0.2, 0) is 5.41 Å². The minimum Gasteiger partial charge on any atom is -0.435 e. The monoisotopic (exact) mass is 457 g/mol. The summed E-state index contributed by atoms with van der Waals surface area (Å²) in [5, 5.41) is 0. The molecule has 1 aliphatic heterocycles. The molecular weight excluding hydrogens is 433 g/mol. The summed E-state index contributed by atoms with van der Waals surface area (Å²) in [4.78, 5) is 14.4. The lowest BCUT2D eigenvalue weighted by Crippen LogP contribution is -2.43. The molecule has 0 atom stereocenters. The summed E-state index contributed by atoms with van der Waals surface area (Å²) in [6, 6.07) is 11.5. The Labute approximate surface area is 182 Å². The molecule has 0 aromatic heterocycles. The standard InChI is InChI=1S/C23H24F5NO3/c1-22(2,17-4-3-5-19(14-17)32-23(26,27)28)16-10-12-29(13-11-16)20(30)15-6-8-18(9-7-15)31-21(24)25/h3-9,14,16,21H,10-13H2,1-2H3. The van der Waals surface area contributed by atoms with Gasteiger partial charge in [-0.3, -0.25) is 4.79 Å². The van der Waals surface area contributed by atoms with Gasteiger partial charge in [-0.05, 0) is 66.1 Å². The van der Waals surface area contributed by atoms with Gasteiger partial charge in [0.25, 0.3) is 5.91 Å². The van der Waals surface area contributed by atoms with Gasteiger partial charge in [0.05, 0.1) is 0 Å². The fraction of sp³-hybridized carbons (Fsp3) is 0.435. The molecule has 0 spiro atoms. The number of alkyl halides is 5. The maximum atomic E-state index is 12.8. The van der Waals surface area contributed by atoms with E-state index >= 15 is 0 Å². The van der Waals surface area contributed by atoms with Crippen molar-refractivity contribution in [2.45, 2.75) is 45.1 Å². The predicted octanol–water partition coefficient (Wildman–Crippen LogP) is 6.02. The van der Waals surface area contributed by atoms with E-state index in [1.165, 1.54) is 42.5 Å². The number of carbonyl (C=O) groups excluding carboxylic acids is 1. The largest absolute Gasteiger partial charge is 0.573 e. The van der Waals surface area contributed by atoms with Crippen molar-refractivity contribution in [3.63, 3.8) is 0 Å². The molecule has 4 nitrogen and oxygen atoms in total. The molecular formula is C23H24F5NO3. The Balaban J connectivity index is 1.63. The molecule has 3 rings (SSSR count). The molecule has 0 N–H and O–H groups in total. The third kappa shape index (κ3) is 5.89. The maximum Gasteiger partial charge on any atom is 0.573 e. The van der Waals surface area contributed by atoms with Crippen LogP contribution in [0.1, 0.15) is 42.6 Å². The molecule has 174 valence electrons. The fourth-order valence-electron chi connectivity index (χ4n) is 4.10. The van der Waals surface area contributed by atoms with Gasteiger partial charge in [0.1, 0.15) is 11.5 Å². The molecule has 0 radical (unpaired) electrons. The highest BCUT2D eigenvalue weighted by Gasteiger charge is 2.36. The van der Waals surface area contributed by atoms with Crippen molar-refractivity contribution in [1.82, 2.24) is 4.90 Å². The number of likely N-dealkylation sites (tertiary alicyclic amines) is 1. The number of piperidine rings is 1. The lowest BCUT2D eigenvalue weighted by molar-refractivity contribution is -0.274. The van der Waals surface area contributed by atoms with Crippen LogP contribution in [0.15, 0.2) is 48.5 Å². The average molecular weight is 457 g/mol. The first kappa shape index (κ1) is 23.8. The lowest BCUT2D eigenvalue weighted by Gasteiger charge is -2.41. The highest BCUT2D eigenvalue weighted by atomic mass is 19.4. The number of hydrogen-bond donors (Lipinski definition) is 0. The number of carbonyl (C=O) groups is 1. The van der Waals surface area contributed by atoms with Gasteiger partial charge in [-0.2, -0.15) is 8.78 Å². The highest BCUT2D eigenvalue weighted by Crippen LogP contribution is 2.40. The fourth-order valence-corrected chi connectivity index (χ4v) is 4.10. The Hall–Kier alpha value is -2.84. The Morgan fingerprint density at radius 2 is 1.62 bits per heavy atom. The first-order valence-electron chi connectivity index (χ1n) is 10.2. The SMILES string of the molecule is CC(C)(c1cccc(OC(F)(F)F)c1)C1CCN(C(=O)c2ccc(OC(F)F)cc2)CC1. The van der Waals surface area contributed by atoms with Gasteiger partial charge in [0.15, 0.2) is 0 Å². The second-order valence-corrected chi connectivity index (χ2v) is 8.27. The number of nitrogens with zero attached hydrogens (tertiary/aromatic N) is 1. The minimum atomic E-state index is -4.75. The number of halogens is 5. The number of benzene rings is 2.